The van der Waals surface area contributed by atoms with Gasteiger partial charge in [0.2, 0.25) is 0 Å². The molecule has 0 radical (unpaired) electrons. The quantitative estimate of drug-likeness (QED) is 0.199. The SMILES string of the molecule is N#Cc1ccc(-n2c3ccccc3c3ccccc32)c(-c2ccc(-c3cccc(-n4c5ccccc5c5ccccc54)c3)c(C#N)c2)c1. The van der Waals surface area contributed by atoms with Gasteiger partial charge in [-0.05, 0) is 77.4 Å². The maximum atomic E-state index is 10.5. The molecular formula is C44H26N4. The van der Waals surface area contributed by atoms with E-state index >= 15 is 0 Å². The molecule has 9 aromatic rings. The summed E-state index contributed by atoms with van der Waals surface area (Å²) in [7, 11) is 0. The van der Waals surface area contributed by atoms with Crippen molar-refractivity contribution in [3.05, 3.63) is 169 Å². The number of rotatable bonds is 4. The average Bonchev–Trinajstić information content (AvgIpc) is 3.67. The zero-order chi connectivity index (χ0) is 32.2. The zero-order valence-electron chi connectivity index (χ0n) is 25.8. The summed E-state index contributed by atoms with van der Waals surface area (Å²) >= 11 is 0. The van der Waals surface area contributed by atoms with Crippen molar-refractivity contribution >= 4 is 43.6 Å². The highest BCUT2D eigenvalue weighted by Gasteiger charge is 2.18. The van der Waals surface area contributed by atoms with E-state index in [-0.39, 0.29) is 0 Å². The molecule has 0 fully saturated rings. The van der Waals surface area contributed by atoms with Gasteiger partial charge < -0.3 is 9.13 Å². The number of nitriles is 2. The molecule has 0 bridgehead atoms. The summed E-state index contributed by atoms with van der Waals surface area (Å²) in [6.45, 7) is 0. The predicted octanol–water partition coefficient (Wildman–Crippen LogP) is 11.0. The van der Waals surface area contributed by atoms with Crippen LogP contribution in [0.1, 0.15) is 11.1 Å². The monoisotopic (exact) mass is 610 g/mol. The molecule has 0 amide bonds. The van der Waals surface area contributed by atoms with E-state index in [1.54, 1.807) is 0 Å². The third-order valence-electron chi connectivity index (χ3n) is 9.39. The van der Waals surface area contributed by atoms with Crippen molar-refractivity contribution in [2.45, 2.75) is 0 Å². The first-order valence-corrected chi connectivity index (χ1v) is 15.9. The van der Waals surface area contributed by atoms with Crippen LogP contribution in [0.5, 0.6) is 0 Å². The third-order valence-corrected chi connectivity index (χ3v) is 9.39. The Balaban J connectivity index is 1.21. The lowest BCUT2D eigenvalue weighted by Crippen LogP contribution is -1.99. The number of para-hydroxylation sites is 4. The van der Waals surface area contributed by atoms with Gasteiger partial charge >= 0.3 is 0 Å². The second-order valence-corrected chi connectivity index (χ2v) is 12.0. The fraction of sp³-hybridized carbons (Fsp3) is 0. The number of aromatic nitrogens is 2. The van der Waals surface area contributed by atoms with Crippen LogP contribution in [0.15, 0.2) is 158 Å². The normalized spacial score (nSPS) is 11.3. The molecule has 0 unspecified atom stereocenters. The highest BCUT2D eigenvalue weighted by atomic mass is 15.0. The lowest BCUT2D eigenvalue weighted by atomic mass is 9.93. The Labute approximate surface area is 277 Å². The van der Waals surface area contributed by atoms with Crippen LogP contribution in [0.3, 0.4) is 0 Å². The summed E-state index contributed by atoms with van der Waals surface area (Å²) < 4.78 is 4.55. The van der Waals surface area contributed by atoms with Crippen LogP contribution >= 0.6 is 0 Å². The van der Waals surface area contributed by atoms with Crippen molar-refractivity contribution in [3.8, 4) is 45.8 Å². The fourth-order valence-corrected chi connectivity index (χ4v) is 7.28. The Morgan fingerprint density at radius 2 is 0.938 bits per heavy atom. The van der Waals surface area contributed by atoms with Gasteiger partial charge in [0.05, 0.1) is 51.0 Å². The first-order valence-electron chi connectivity index (χ1n) is 15.9. The Morgan fingerprint density at radius 3 is 1.50 bits per heavy atom. The van der Waals surface area contributed by atoms with Crippen molar-refractivity contribution < 1.29 is 0 Å². The number of fused-ring (bicyclic) bond motifs is 6. The first-order chi connectivity index (χ1) is 23.7. The first kappa shape index (κ1) is 27.4. The van der Waals surface area contributed by atoms with E-state index in [4.69, 9.17) is 0 Å². The smallest absolute Gasteiger partial charge is 0.0998 e. The van der Waals surface area contributed by atoms with Gasteiger partial charge in [-0.15, -0.1) is 0 Å². The number of hydrogen-bond acceptors (Lipinski definition) is 2. The molecule has 0 aliphatic carbocycles. The Kier molecular flexibility index (Phi) is 6.22. The Bertz CT molecular complexity index is 2710. The van der Waals surface area contributed by atoms with E-state index < -0.39 is 0 Å². The van der Waals surface area contributed by atoms with Gasteiger partial charge in [0.1, 0.15) is 0 Å². The Hall–Kier alpha value is -6.88. The lowest BCUT2D eigenvalue weighted by Gasteiger charge is -2.16. The molecular weight excluding hydrogens is 585 g/mol. The van der Waals surface area contributed by atoms with Gasteiger partial charge in [-0.3, -0.25) is 0 Å². The van der Waals surface area contributed by atoms with Crippen molar-refractivity contribution in [1.29, 1.82) is 10.5 Å². The molecule has 4 heteroatoms. The van der Waals surface area contributed by atoms with Crippen molar-refractivity contribution in [2.24, 2.45) is 0 Å². The fourth-order valence-electron chi connectivity index (χ4n) is 7.28. The third kappa shape index (κ3) is 4.14. The molecule has 0 saturated carbocycles. The standard InChI is InChI=1S/C44H26N4/c45-27-29-20-23-44(48-42-18-7-3-14-37(42)38-15-4-8-19-43(38)48)39(24-29)31-21-22-34(32(25-31)28-46)30-10-9-11-33(26-30)47-40-16-5-1-12-35(40)36-13-2-6-17-41(36)47/h1-26H. The van der Waals surface area contributed by atoms with Crippen LogP contribution in [0.4, 0.5) is 0 Å². The maximum absolute atomic E-state index is 10.5. The summed E-state index contributed by atoms with van der Waals surface area (Å²) in [4.78, 5) is 0. The molecule has 7 aromatic carbocycles. The summed E-state index contributed by atoms with van der Waals surface area (Å²) in [5.74, 6) is 0. The highest BCUT2D eigenvalue weighted by Crippen LogP contribution is 2.39. The molecule has 48 heavy (non-hydrogen) atoms. The predicted molar refractivity (Wildman–Crippen MR) is 195 cm³/mol. The average molecular weight is 611 g/mol. The van der Waals surface area contributed by atoms with E-state index in [0.717, 1.165) is 55.7 Å². The van der Waals surface area contributed by atoms with Crippen LogP contribution in [0, 0.1) is 22.7 Å². The molecule has 0 N–H and O–H groups in total. The van der Waals surface area contributed by atoms with Crippen molar-refractivity contribution in [2.75, 3.05) is 0 Å². The van der Waals surface area contributed by atoms with Gasteiger partial charge in [0.25, 0.3) is 0 Å². The molecule has 4 nitrogen and oxygen atoms in total. The molecule has 9 rings (SSSR count). The minimum Gasteiger partial charge on any atom is -0.309 e. The second kappa shape index (κ2) is 10.9. The molecule has 0 atom stereocenters. The molecule has 2 heterocycles. The lowest BCUT2D eigenvalue weighted by molar-refractivity contribution is 1.18. The van der Waals surface area contributed by atoms with Crippen LogP contribution in [0.2, 0.25) is 0 Å². The van der Waals surface area contributed by atoms with Gasteiger partial charge in [-0.1, -0.05) is 97.1 Å². The van der Waals surface area contributed by atoms with Crippen molar-refractivity contribution in [3.63, 3.8) is 0 Å². The zero-order valence-corrected chi connectivity index (χ0v) is 25.8. The van der Waals surface area contributed by atoms with E-state index in [1.807, 2.05) is 30.3 Å². The minimum atomic E-state index is 0.566. The minimum absolute atomic E-state index is 0.566. The van der Waals surface area contributed by atoms with E-state index in [0.29, 0.717) is 11.1 Å². The summed E-state index contributed by atoms with van der Waals surface area (Å²) in [6, 6.07) is 58.8. The number of hydrogen-bond donors (Lipinski definition) is 0. The van der Waals surface area contributed by atoms with Crippen LogP contribution in [-0.2, 0) is 0 Å². The summed E-state index contributed by atoms with van der Waals surface area (Å²) in [6.07, 6.45) is 0. The summed E-state index contributed by atoms with van der Waals surface area (Å²) in [5.41, 5.74) is 11.2. The van der Waals surface area contributed by atoms with Gasteiger partial charge in [0.15, 0.2) is 0 Å². The van der Waals surface area contributed by atoms with Crippen LogP contribution in [0.25, 0.3) is 77.2 Å². The molecule has 0 saturated heterocycles. The van der Waals surface area contributed by atoms with E-state index in [2.05, 4.69) is 149 Å². The molecule has 0 aliphatic rings. The molecule has 0 aliphatic heterocycles. The van der Waals surface area contributed by atoms with Gasteiger partial charge in [-0.25, -0.2) is 0 Å². The molecule has 222 valence electrons. The van der Waals surface area contributed by atoms with Gasteiger partial charge in [-0.2, -0.15) is 10.5 Å². The van der Waals surface area contributed by atoms with E-state index in [9.17, 15) is 10.5 Å². The van der Waals surface area contributed by atoms with Crippen LogP contribution < -0.4 is 0 Å². The highest BCUT2D eigenvalue weighted by molar-refractivity contribution is 6.10. The van der Waals surface area contributed by atoms with Gasteiger partial charge in [0, 0.05) is 32.8 Å². The Morgan fingerprint density at radius 1 is 0.396 bits per heavy atom. The summed E-state index contributed by atoms with van der Waals surface area (Å²) in [5, 5.41) is 25.2. The molecule has 0 spiro atoms. The maximum Gasteiger partial charge on any atom is 0.0998 e. The number of nitrogens with zero attached hydrogens (tertiary/aromatic N) is 4. The molecule has 2 aromatic heterocycles. The van der Waals surface area contributed by atoms with Crippen molar-refractivity contribution in [1.82, 2.24) is 9.13 Å². The number of benzene rings is 7. The second-order valence-electron chi connectivity index (χ2n) is 12.0. The topological polar surface area (TPSA) is 57.4 Å². The van der Waals surface area contributed by atoms with E-state index in [1.165, 1.54) is 21.5 Å². The largest absolute Gasteiger partial charge is 0.309 e. The van der Waals surface area contributed by atoms with Crippen LogP contribution in [-0.4, -0.2) is 9.13 Å².